The third-order valence-corrected chi connectivity index (χ3v) is 21.3. The van der Waals surface area contributed by atoms with Crippen molar-refractivity contribution in [2.45, 2.75) is 272 Å². The summed E-state index contributed by atoms with van der Waals surface area (Å²) in [5, 5.41) is 52.9. The fourth-order valence-electron chi connectivity index (χ4n) is 13.6. The number of halogens is 1. The summed E-state index contributed by atoms with van der Waals surface area (Å²) in [7, 11) is 3.14. The summed E-state index contributed by atoms with van der Waals surface area (Å²) >= 11 is 5.04. The number of hydrogen-bond acceptors (Lipinski definition) is 12. The van der Waals surface area contributed by atoms with Gasteiger partial charge in [0, 0.05) is 42.7 Å². The van der Waals surface area contributed by atoms with Crippen LogP contribution >= 0.6 is 11.6 Å². The van der Waals surface area contributed by atoms with Crippen molar-refractivity contribution in [2.24, 2.45) is 41.4 Å². The van der Waals surface area contributed by atoms with Crippen LogP contribution in [0, 0.1) is 41.4 Å². The molecule has 13 nitrogen and oxygen atoms in total. The van der Waals surface area contributed by atoms with Crippen LogP contribution in [0.2, 0.25) is 0 Å². The number of ether oxygens (including phenoxy) is 2. The standard InChI is InChI=1S/C18H24O3.C15H22O2.2C15H22O.C13H16O2.C6H11NO2.C4H5ClO/c1-12(2)14-6-5-7-15(17(19)13-9-10-13)18(14)21-16-8-3-4-11-20-16;1-4-15(17,11-8-9-11)13-7-5-6-12(10(2)3)14(13)16;2*1-4-12(11-8-9-11)14-7-5-6-13(10(2)3)15(14)16;1-8(2)10-4-3-5-11(13(10)15)12(14)9-6-7-9;1-7(9-2)6(8)5-3-4-5;5-4(6)3-1-2-3/h5-7,12-13,16H,3-4,8-11H2,1-2H3;5-7,10-11,16-17H,4,8-9H2,1-3H3;2*5-7,10-12,16H,4,8-9H2,1-3H3;3-5,8-9,15H,6-7H2,1-2H3;5H,3-4H2,1-2H3;3H,1-2H2. The Morgan fingerprint density at radius 3 is 1.24 bits per heavy atom. The van der Waals surface area contributed by atoms with E-state index in [0.29, 0.717) is 70.3 Å². The number of ketones is 2. The van der Waals surface area contributed by atoms with Crippen LogP contribution in [0.4, 0.5) is 0 Å². The summed E-state index contributed by atoms with van der Waals surface area (Å²) in [6, 6.07) is 29.6. The van der Waals surface area contributed by atoms with E-state index in [0.717, 1.165) is 154 Å². The van der Waals surface area contributed by atoms with Crippen LogP contribution < -0.4 is 4.74 Å². The zero-order chi connectivity index (χ0) is 73.3. The Labute approximate surface area is 604 Å². The van der Waals surface area contributed by atoms with Gasteiger partial charge in [-0.1, -0.05) is 169 Å². The molecule has 7 saturated carbocycles. The van der Waals surface area contributed by atoms with Crippen molar-refractivity contribution in [3.63, 3.8) is 0 Å². The molecule has 0 spiro atoms. The molecular formula is C86H122ClNO12. The number of nitrogens with zero attached hydrogens (tertiary/aromatic N) is 1. The molecule has 5 N–H and O–H groups in total. The molecule has 0 bridgehead atoms. The number of para-hydroxylation sites is 5. The first-order valence-corrected chi connectivity index (χ1v) is 38.5. The molecule has 550 valence electrons. The van der Waals surface area contributed by atoms with Gasteiger partial charge in [-0.05, 0) is 244 Å². The summed E-state index contributed by atoms with van der Waals surface area (Å²) < 4.78 is 11.8. The van der Waals surface area contributed by atoms with Crippen molar-refractivity contribution in [2.75, 3.05) is 20.8 Å². The van der Waals surface area contributed by atoms with Crippen molar-refractivity contribution in [3.05, 3.63) is 147 Å². The first-order chi connectivity index (χ1) is 47.6. The number of carbonyl (C=O) groups excluding carboxylic acids is 4. The van der Waals surface area contributed by atoms with E-state index in [4.69, 9.17) is 25.9 Å². The van der Waals surface area contributed by atoms with Gasteiger partial charge < -0.3 is 35.0 Å². The number of phenolic OH excluding ortho intramolecular Hbond substituents is 4. The number of hydrogen-bond donors (Lipinski definition) is 5. The fraction of sp³-hybridized carbons (Fsp3) is 0.605. The number of aromatic hydroxyl groups is 4. The molecule has 5 aromatic carbocycles. The number of rotatable bonds is 23. The largest absolute Gasteiger partial charge is 0.507 e. The monoisotopic (exact) mass is 1400 g/mol. The minimum absolute atomic E-state index is 0.106. The molecule has 1 heterocycles. The Morgan fingerprint density at radius 2 is 0.880 bits per heavy atom. The van der Waals surface area contributed by atoms with Crippen LogP contribution in [0.1, 0.15) is 325 Å². The SMILES string of the molecule is CC(C)c1cccc(C(=O)C2CC2)c1O.CC(C)c1cccc(C(=O)C2CC2)c1OC1CCCCO1.CCC(O)(c1cccc(C(C)C)c1O)C1CC1.CCC(c1cccc(C(C)C)c1O)C1CC1.CCC(c1cccc(C(C)C)c1O)C1CC1.CON(C)C(=O)C1CC1.O=C(Cl)C1CC1. The smallest absolute Gasteiger partial charge is 0.248 e. The molecule has 13 rings (SSSR count). The lowest BCUT2D eigenvalue weighted by atomic mass is 9.83. The Kier molecular flexibility index (Phi) is 30.6. The van der Waals surface area contributed by atoms with Crippen LogP contribution in [0.15, 0.2) is 91.0 Å². The second-order valence-electron chi connectivity index (χ2n) is 30.9. The quantitative estimate of drug-likeness (QED) is 0.0236. The lowest BCUT2D eigenvalue weighted by Gasteiger charge is -2.29. The highest BCUT2D eigenvalue weighted by molar-refractivity contribution is 6.64. The van der Waals surface area contributed by atoms with E-state index in [1.54, 1.807) is 13.1 Å². The lowest BCUT2D eigenvalue weighted by molar-refractivity contribution is -0.170. The number of phenols is 4. The van der Waals surface area contributed by atoms with Crippen LogP contribution in [-0.2, 0) is 24.8 Å². The molecule has 0 radical (unpaired) electrons. The van der Waals surface area contributed by atoms with Crippen molar-refractivity contribution in [3.8, 4) is 28.7 Å². The van der Waals surface area contributed by atoms with Gasteiger partial charge in [0.15, 0.2) is 17.9 Å². The summed E-state index contributed by atoms with van der Waals surface area (Å²) in [4.78, 5) is 50.0. The molecule has 1 saturated heterocycles. The van der Waals surface area contributed by atoms with E-state index in [1.165, 1.54) is 49.0 Å². The zero-order valence-electron chi connectivity index (χ0n) is 63.1. The van der Waals surface area contributed by atoms with Crippen molar-refractivity contribution in [1.29, 1.82) is 0 Å². The van der Waals surface area contributed by atoms with Crippen LogP contribution in [0.25, 0.3) is 0 Å². The zero-order valence-corrected chi connectivity index (χ0v) is 63.8. The van der Waals surface area contributed by atoms with Gasteiger partial charge in [-0.15, -0.1) is 0 Å². The van der Waals surface area contributed by atoms with E-state index >= 15 is 0 Å². The highest BCUT2D eigenvalue weighted by atomic mass is 35.5. The highest BCUT2D eigenvalue weighted by Crippen LogP contribution is 2.52. The van der Waals surface area contributed by atoms with Gasteiger partial charge in [0.25, 0.3) is 0 Å². The van der Waals surface area contributed by atoms with Crippen molar-refractivity contribution >= 4 is 34.3 Å². The highest BCUT2D eigenvalue weighted by Gasteiger charge is 2.46. The van der Waals surface area contributed by atoms with Gasteiger partial charge in [0.2, 0.25) is 11.1 Å². The maximum atomic E-state index is 12.5. The van der Waals surface area contributed by atoms with Gasteiger partial charge in [-0.3, -0.25) is 24.0 Å². The predicted molar refractivity (Wildman–Crippen MR) is 402 cm³/mol. The molecule has 14 heteroatoms. The normalized spacial score (nSPS) is 18.8. The van der Waals surface area contributed by atoms with Crippen molar-refractivity contribution in [1.82, 2.24) is 5.06 Å². The maximum absolute atomic E-state index is 12.5. The van der Waals surface area contributed by atoms with Crippen LogP contribution in [0.3, 0.4) is 0 Å². The molecule has 100 heavy (non-hydrogen) atoms. The molecule has 0 aromatic heterocycles. The van der Waals surface area contributed by atoms with E-state index < -0.39 is 5.60 Å². The minimum Gasteiger partial charge on any atom is -0.507 e. The van der Waals surface area contributed by atoms with Gasteiger partial charge >= 0.3 is 0 Å². The molecular weight excluding hydrogens is 1270 g/mol. The third kappa shape index (κ3) is 22.9. The molecule has 7 aliphatic carbocycles. The number of Topliss-reactive ketones (excluding diaryl/α,β-unsaturated/α-hetero) is 2. The Balaban J connectivity index is 0.000000167. The number of amides is 1. The molecule has 5 aromatic rings. The number of hydroxylamine groups is 2. The van der Waals surface area contributed by atoms with E-state index in [1.807, 2.05) is 75.4 Å². The third-order valence-electron chi connectivity index (χ3n) is 21.0. The second kappa shape index (κ2) is 37.8. The van der Waals surface area contributed by atoms with Crippen LogP contribution in [-0.4, -0.2) is 80.4 Å². The van der Waals surface area contributed by atoms with Crippen LogP contribution in [0.5, 0.6) is 28.7 Å². The summed E-state index contributed by atoms with van der Waals surface area (Å²) in [6.07, 6.45) is 21.4. The molecule has 8 fully saturated rings. The molecule has 4 unspecified atom stereocenters. The molecule has 1 aliphatic heterocycles. The first-order valence-electron chi connectivity index (χ1n) is 38.1. The van der Waals surface area contributed by atoms with Gasteiger partial charge in [-0.25, -0.2) is 5.06 Å². The molecule has 1 amide bonds. The number of carbonyl (C=O) groups is 4. The summed E-state index contributed by atoms with van der Waals surface area (Å²) in [5.41, 5.74) is 8.57. The van der Waals surface area contributed by atoms with E-state index in [-0.39, 0.29) is 70.3 Å². The number of aliphatic hydroxyl groups is 1. The minimum atomic E-state index is -0.838. The number of benzene rings is 5. The van der Waals surface area contributed by atoms with Crippen molar-refractivity contribution < 1.29 is 59.0 Å². The second-order valence-corrected chi connectivity index (χ2v) is 31.2. The van der Waals surface area contributed by atoms with E-state index in [2.05, 4.69) is 99.6 Å². The molecule has 8 aliphatic rings. The average molecular weight is 1400 g/mol. The topological polar surface area (TPSA) is 200 Å². The van der Waals surface area contributed by atoms with Gasteiger partial charge in [0.05, 0.1) is 30.4 Å². The maximum Gasteiger partial charge on any atom is 0.248 e. The summed E-state index contributed by atoms with van der Waals surface area (Å²) in [5.74, 6) is 8.40. The summed E-state index contributed by atoms with van der Waals surface area (Å²) in [6.45, 7) is 28.1. The fourth-order valence-corrected chi connectivity index (χ4v) is 13.8. The average Bonchev–Trinajstić information content (AvgIpc) is 1.30. The molecule has 4 atom stereocenters. The Morgan fingerprint density at radius 1 is 0.490 bits per heavy atom. The van der Waals surface area contributed by atoms with E-state index in [9.17, 15) is 44.7 Å². The first kappa shape index (κ1) is 81.1. The Bertz CT molecular complexity index is 3380. The lowest BCUT2D eigenvalue weighted by Crippen LogP contribution is -2.27. The Hall–Kier alpha value is -6.25. The van der Waals surface area contributed by atoms with Gasteiger partial charge in [0.1, 0.15) is 28.7 Å². The van der Waals surface area contributed by atoms with Gasteiger partial charge in [-0.2, -0.15) is 0 Å². The predicted octanol–water partition coefficient (Wildman–Crippen LogP) is 21.4.